The molecule has 138 valence electrons. The highest BCUT2D eigenvalue weighted by atomic mass is 35.5. The largest absolute Gasteiger partial charge is 0.478 e. The molecule has 8 nitrogen and oxygen atoms in total. The van der Waals surface area contributed by atoms with Crippen LogP contribution >= 0.6 is 35.0 Å². The van der Waals surface area contributed by atoms with Crippen molar-refractivity contribution in [1.29, 1.82) is 0 Å². The Morgan fingerprint density at radius 3 is 2.41 bits per heavy atom. The van der Waals surface area contributed by atoms with E-state index in [-0.39, 0.29) is 17.2 Å². The number of carbonyl (C=O) groups excluding carboxylic acids is 1. The molecular weight excluding hydrogens is 413 g/mol. The van der Waals surface area contributed by atoms with Gasteiger partial charge in [0.1, 0.15) is 0 Å². The van der Waals surface area contributed by atoms with Crippen molar-refractivity contribution in [3.63, 3.8) is 0 Å². The zero-order chi connectivity index (χ0) is 19.4. The number of tetrazole rings is 1. The number of carboxylic acid groups (broad SMARTS) is 1. The van der Waals surface area contributed by atoms with Gasteiger partial charge < -0.3 is 10.4 Å². The minimum absolute atomic E-state index is 0.0230. The quantitative estimate of drug-likeness (QED) is 0.584. The Morgan fingerprint density at radius 1 is 1.11 bits per heavy atom. The van der Waals surface area contributed by atoms with E-state index in [1.54, 1.807) is 30.3 Å². The number of nitrogens with zero attached hydrogens (tertiary/aromatic N) is 4. The molecule has 2 aromatic carbocycles. The van der Waals surface area contributed by atoms with Gasteiger partial charge in [0, 0.05) is 0 Å². The summed E-state index contributed by atoms with van der Waals surface area (Å²) in [6.07, 6.45) is 0. The van der Waals surface area contributed by atoms with Crippen molar-refractivity contribution >= 4 is 52.5 Å². The van der Waals surface area contributed by atoms with Crippen molar-refractivity contribution < 1.29 is 14.7 Å². The van der Waals surface area contributed by atoms with E-state index >= 15 is 0 Å². The van der Waals surface area contributed by atoms with Gasteiger partial charge in [-0.2, -0.15) is 4.68 Å². The van der Waals surface area contributed by atoms with Crippen molar-refractivity contribution in [3.05, 3.63) is 58.1 Å². The van der Waals surface area contributed by atoms with E-state index in [0.717, 1.165) is 11.8 Å². The van der Waals surface area contributed by atoms with Gasteiger partial charge in [-0.3, -0.25) is 4.79 Å². The highest BCUT2D eigenvalue weighted by Crippen LogP contribution is 2.30. The van der Waals surface area contributed by atoms with E-state index in [0.29, 0.717) is 26.6 Å². The van der Waals surface area contributed by atoms with Gasteiger partial charge in [-0.05, 0) is 46.8 Å². The molecule has 0 fully saturated rings. The maximum absolute atomic E-state index is 12.2. The molecule has 2 N–H and O–H groups in total. The first-order valence-electron chi connectivity index (χ1n) is 7.44. The van der Waals surface area contributed by atoms with Crippen LogP contribution in [0.5, 0.6) is 0 Å². The average Bonchev–Trinajstić information content (AvgIpc) is 3.12. The Kier molecular flexibility index (Phi) is 5.94. The number of para-hydroxylation sites is 1. The van der Waals surface area contributed by atoms with Crippen LogP contribution in [0.4, 0.5) is 5.69 Å². The van der Waals surface area contributed by atoms with E-state index < -0.39 is 5.97 Å². The molecule has 0 saturated carbocycles. The first-order valence-corrected chi connectivity index (χ1v) is 9.18. The maximum Gasteiger partial charge on any atom is 0.335 e. The van der Waals surface area contributed by atoms with E-state index in [2.05, 4.69) is 20.8 Å². The molecule has 1 heterocycles. The van der Waals surface area contributed by atoms with Crippen LogP contribution in [0, 0.1) is 0 Å². The molecule has 0 radical (unpaired) electrons. The Balaban J connectivity index is 1.68. The topological polar surface area (TPSA) is 110 Å². The first-order chi connectivity index (χ1) is 13.0. The van der Waals surface area contributed by atoms with Crippen LogP contribution in [0.25, 0.3) is 5.69 Å². The second-order valence-corrected chi connectivity index (χ2v) is 6.92. The van der Waals surface area contributed by atoms with Crippen LogP contribution in [0.15, 0.2) is 47.6 Å². The third-order valence-corrected chi connectivity index (χ3v) is 4.91. The number of rotatable bonds is 6. The molecule has 0 saturated heterocycles. The summed E-state index contributed by atoms with van der Waals surface area (Å²) >= 11 is 13.2. The van der Waals surface area contributed by atoms with Gasteiger partial charge in [0.2, 0.25) is 11.1 Å². The molecule has 27 heavy (non-hydrogen) atoms. The number of amides is 1. The van der Waals surface area contributed by atoms with Gasteiger partial charge in [-0.1, -0.05) is 41.0 Å². The Morgan fingerprint density at radius 2 is 1.78 bits per heavy atom. The van der Waals surface area contributed by atoms with Crippen molar-refractivity contribution in [2.24, 2.45) is 0 Å². The molecule has 3 rings (SSSR count). The minimum Gasteiger partial charge on any atom is -0.478 e. The van der Waals surface area contributed by atoms with Crippen molar-refractivity contribution in [1.82, 2.24) is 20.2 Å². The van der Waals surface area contributed by atoms with Gasteiger partial charge in [-0.15, -0.1) is 5.10 Å². The highest BCUT2D eigenvalue weighted by Gasteiger charge is 2.14. The monoisotopic (exact) mass is 423 g/mol. The lowest BCUT2D eigenvalue weighted by molar-refractivity contribution is -0.113. The molecule has 0 aliphatic carbocycles. The average molecular weight is 424 g/mol. The number of halogens is 2. The van der Waals surface area contributed by atoms with Gasteiger partial charge in [-0.25, -0.2) is 4.79 Å². The molecule has 0 spiro atoms. The summed E-state index contributed by atoms with van der Waals surface area (Å²) in [6, 6.07) is 11.0. The smallest absolute Gasteiger partial charge is 0.335 e. The zero-order valence-corrected chi connectivity index (χ0v) is 15.8. The number of hydrogen-bond acceptors (Lipinski definition) is 6. The number of aromatic carboxylic acids is 1. The summed E-state index contributed by atoms with van der Waals surface area (Å²) in [5, 5.41) is 24.0. The van der Waals surface area contributed by atoms with E-state index in [9.17, 15) is 9.59 Å². The van der Waals surface area contributed by atoms with Gasteiger partial charge in [0.25, 0.3) is 0 Å². The standard InChI is InChI=1S/C16H11Cl2N5O3S/c17-11-2-1-3-12(18)14(11)19-13(24)8-27-16-20-21-22-23(16)10-6-4-9(5-7-10)15(25)26/h1-7H,8H2,(H,19,24)(H,25,26). The lowest BCUT2D eigenvalue weighted by Gasteiger charge is -2.09. The summed E-state index contributed by atoms with van der Waals surface area (Å²) in [5.41, 5.74) is 1.06. The fraction of sp³-hybridized carbons (Fsp3) is 0.0625. The third kappa shape index (κ3) is 4.57. The predicted octanol–water partition coefficient (Wildman–Crippen LogP) is 3.40. The van der Waals surface area contributed by atoms with Crippen LogP contribution < -0.4 is 5.32 Å². The Bertz CT molecular complexity index is 974. The van der Waals surface area contributed by atoms with E-state index in [4.69, 9.17) is 28.3 Å². The molecule has 0 bridgehead atoms. The number of thioether (sulfide) groups is 1. The molecular formula is C16H11Cl2N5O3S. The van der Waals surface area contributed by atoms with Crippen molar-refractivity contribution in [3.8, 4) is 5.69 Å². The van der Waals surface area contributed by atoms with Crippen LogP contribution in [-0.4, -0.2) is 42.9 Å². The first kappa shape index (κ1) is 19.2. The highest BCUT2D eigenvalue weighted by molar-refractivity contribution is 7.99. The molecule has 1 aromatic heterocycles. The summed E-state index contributed by atoms with van der Waals surface area (Å²) in [7, 11) is 0. The summed E-state index contributed by atoms with van der Waals surface area (Å²) in [5.74, 6) is -1.33. The lowest BCUT2D eigenvalue weighted by Crippen LogP contribution is -2.15. The molecule has 0 unspecified atom stereocenters. The molecule has 0 aliphatic rings. The lowest BCUT2D eigenvalue weighted by atomic mass is 10.2. The Hall–Kier alpha value is -2.62. The zero-order valence-electron chi connectivity index (χ0n) is 13.5. The number of nitrogens with one attached hydrogen (secondary N) is 1. The van der Waals surface area contributed by atoms with Crippen molar-refractivity contribution in [2.75, 3.05) is 11.1 Å². The molecule has 0 aliphatic heterocycles. The molecule has 11 heteroatoms. The minimum atomic E-state index is -1.03. The molecule has 0 atom stereocenters. The normalized spacial score (nSPS) is 10.6. The van der Waals surface area contributed by atoms with Gasteiger partial charge in [0.15, 0.2) is 0 Å². The third-order valence-electron chi connectivity index (χ3n) is 3.36. The molecule has 1 amide bonds. The van der Waals surface area contributed by atoms with E-state index in [1.165, 1.54) is 16.8 Å². The van der Waals surface area contributed by atoms with E-state index in [1.807, 2.05) is 0 Å². The maximum atomic E-state index is 12.2. The fourth-order valence-electron chi connectivity index (χ4n) is 2.10. The number of anilines is 1. The number of aromatic nitrogens is 4. The van der Waals surface area contributed by atoms with Gasteiger partial charge in [0.05, 0.1) is 32.7 Å². The Labute approximate surface area is 167 Å². The number of carbonyl (C=O) groups is 2. The predicted molar refractivity (Wildman–Crippen MR) is 102 cm³/mol. The second kappa shape index (κ2) is 8.38. The number of carboxylic acids is 1. The fourth-order valence-corrected chi connectivity index (χ4v) is 3.28. The summed E-state index contributed by atoms with van der Waals surface area (Å²) in [4.78, 5) is 23.1. The van der Waals surface area contributed by atoms with Crippen LogP contribution in [0.2, 0.25) is 10.0 Å². The van der Waals surface area contributed by atoms with Gasteiger partial charge >= 0.3 is 5.97 Å². The molecule has 3 aromatic rings. The number of hydrogen-bond donors (Lipinski definition) is 2. The van der Waals surface area contributed by atoms with Crippen LogP contribution in [0.3, 0.4) is 0 Å². The van der Waals surface area contributed by atoms with Crippen LogP contribution in [-0.2, 0) is 4.79 Å². The summed E-state index contributed by atoms with van der Waals surface area (Å²) in [6.45, 7) is 0. The van der Waals surface area contributed by atoms with Crippen LogP contribution in [0.1, 0.15) is 10.4 Å². The number of benzene rings is 2. The second-order valence-electron chi connectivity index (χ2n) is 5.16. The summed E-state index contributed by atoms with van der Waals surface area (Å²) < 4.78 is 1.41. The van der Waals surface area contributed by atoms with Crippen molar-refractivity contribution in [2.45, 2.75) is 5.16 Å². The SMILES string of the molecule is O=C(CSc1nnnn1-c1ccc(C(=O)O)cc1)Nc1c(Cl)cccc1Cl.